The molecular weight excluding hydrogens is 156 g/mol. The van der Waals surface area contributed by atoms with E-state index >= 15 is 0 Å². The van der Waals surface area contributed by atoms with Crippen LogP contribution in [0.15, 0.2) is 0 Å². The van der Waals surface area contributed by atoms with Crippen molar-refractivity contribution in [3.05, 3.63) is 0 Å². The van der Waals surface area contributed by atoms with E-state index in [1.807, 2.05) is 13.8 Å². The Kier molecular flexibility index (Phi) is 4.85. The summed E-state index contributed by atoms with van der Waals surface area (Å²) in [6.45, 7) is 5.08. The molecule has 1 aliphatic rings. The lowest BCUT2D eigenvalue weighted by atomic mass is 10.0. The van der Waals surface area contributed by atoms with Crippen LogP contribution in [0.4, 0.5) is 0 Å². The number of nitrogens with one attached hydrogen (secondary N) is 2. The third kappa shape index (κ3) is 2.46. The summed E-state index contributed by atoms with van der Waals surface area (Å²) in [5, 5.41) is 14.8. The van der Waals surface area contributed by atoms with Crippen LogP contribution in [-0.4, -0.2) is 36.8 Å². The summed E-state index contributed by atoms with van der Waals surface area (Å²) in [6.07, 6.45) is 0.507. The fourth-order valence-electron chi connectivity index (χ4n) is 1.11. The Morgan fingerprint density at radius 2 is 2.17 bits per heavy atom. The molecule has 1 unspecified atom stereocenters. The van der Waals surface area contributed by atoms with Gasteiger partial charge in [-0.3, -0.25) is 4.79 Å². The van der Waals surface area contributed by atoms with Crippen molar-refractivity contribution >= 4 is 5.91 Å². The molecule has 1 atom stereocenters. The maximum atomic E-state index is 10.9. The molecule has 0 spiro atoms. The van der Waals surface area contributed by atoms with E-state index in [0.717, 1.165) is 0 Å². The van der Waals surface area contributed by atoms with E-state index in [1.54, 1.807) is 0 Å². The fourth-order valence-corrected chi connectivity index (χ4v) is 1.11. The molecule has 0 bridgehead atoms. The molecule has 1 fully saturated rings. The molecule has 1 rings (SSSR count). The zero-order valence-corrected chi connectivity index (χ0v) is 7.98. The number of carbonyl (C=O) groups is 1. The Hall–Kier alpha value is -0.610. The highest BCUT2D eigenvalue weighted by molar-refractivity contribution is 5.85. The van der Waals surface area contributed by atoms with Crippen LogP contribution in [0, 0.1) is 0 Å². The molecule has 1 saturated heterocycles. The Balaban J connectivity index is 0.000000561. The Bertz CT molecular complexity index is 142. The van der Waals surface area contributed by atoms with Gasteiger partial charge in [0.2, 0.25) is 0 Å². The highest BCUT2D eigenvalue weighted by atomic mass is 16.3. The standard InChI is InChI=1S/C6H12N2O2.C2H6/c1-7-5(9)6(10)2-3-8-4-6;1-2/h8,10H,2-4H2,1H3,(H,7,9);1-2H3. The normalized spacial score (nSPS) is 27.3. The Morgan fingerprint density at radius 1 is 1.58 bits per heavy atom. The number of aliphatic hydroxyl groups is 1. The predicted octanol–water partition coefficient (Wildman–Crippen LogP) is -0.517. The van der Waals surface area contributed by atoms with Crippen molar-refractivity contribution in [2.45, 2.75) is 25.9 Å². The summed E-state index contributed by atoms with van der Waals surface area (Å²) in [4.78, 5) is 10.9. The summed E-state index contributed by atoms with van der Waals surface area (Å²) in [7, 11) is 1.53. The van der Waals surface area contributed by atoms with Gasteiger partial charge in [-0.05, 0) is 13.0 Å². The van der Waals surface area contributed by atoms with Crippen molar-refractivity contribution in [3.63, 3.8) is 0 Å². The third-order valence-electron chi connectivity index (χ3n) is 1.78. The van der Waals surface area contributed by atoms with E-state index in [-0.39, 0.29) is 5.91 Å². The Labute approximate surface area is 73.3 Å². The average Bonchev–Trinajstić information content (AvgIpc) is 2.55. The minimum atomic E-state index is -1.16. The van der Waals surface area contributed by atoms with Crippen LogP contribution >= 0.6 is 0 Å². The molecule has 4 nitrogen and oxygen atoms in total. The first-order valence-electron chi connectivity index (χ1n) is 4.34. The molecule has 0 aliphatic carbocycles. The lowest BCUT2D eigenvalue weighted by Gasteiger charge is -2.17. The molecular formula is C8H18N2O2. The largest absolute Gasteiger partial charge is 0.379 e. The Morgan fingerprint density at radius 3 is 2.50 bits per heavy atom. The first kappa shape index (κ1) is 11.4. The quantitative estimate of drug-likeness (QED) is 0.501. The van der Waals surface area contributed by atoms with Crippen LogP contribution in [0.25, 0.3) is 0 Å². The molecule has 1 heterocycles. The van der Waals surface area contributed by atoms with Gasteiger partial charge in [-0.25, -0.2) is 0 Å². The van der Waals surface area contributed by atoms with E-state index in [4.69, 9.17) is 0 Å². The molecule has 12 heavy (non-hydrogen) atoms. The number of β-amino-alcohol motifs (C(OH)–C–C–N with tert-alkyl or cyclic N) is 1. The van der Waals surface area contributed by atoms with E-state index in [0.29, 0.717) is 19.5 Å². The van der Waals surface area contributed by atoms with Crippen molar-refractivity contribution in [1.29, 1.82) is 0 Å². The molecule has 4 heteroatoms. The summed E-state index contributed by atoms with van der Waals surface area (Å²) in [5.74, 6) is -0.294. The maximum Gasteiger partial charge on any atom is 0.253 e. The molecule has 0 aromatic carbocycles. The highest BCUT2D eigenvalue weighted by Gasteiger charge is 2.37. The van der Waals surface area contributed by atoms with Crippen LogP contribution in [0.2, 0.25) is 0 Å². The van der Waals surface area contributed by atoms with Crippen molar-refractivity contribution in [2.75, 3.05) is 20.1 Å². The van der Waals surface area contributed by atoms with Crippen LogP contribution in [0.5, 0.6) is 0 Å². The zero-order valence-electron chi connectivity index (χ0n) is 7.98. The summed E-state index contributed by atoms with van der Waals surface area (Å²) in [6, 6.07) is 0. The number of carbonyl (C=O) groups excluding carboxylic acids is 1. The van der Waals surface area contributed by atoms with Crippen molar-refractivity contribution in [1.82, 2.24) is 10.6 Å². The fraction of sp³-hybridized carbons (Fsp3) is 0.875. The van der Waals surface area contributed by atoms with Crippen molar-refractivity contribution in [2.24, 2.45) is 0 Å². The van der Waals surface area contributed by atoms with Gasteiger partial charge in [-0.2, -0.15) is 0 Å². The molecule has 1 aliphatic heterocycles. The lowest BCUT2D eigenvalue weighted by molar-refractivity contribution is -0.137. The molecule has 0 saturated carbocycles. The molecule has 3 N–H and O–H groups in total. The van der Waals surface area contributed by atoms with E-state index in [1.165, 1.54) is 7.05 Å². The predicted molar refractivity (Wildman–Crippen MR) is 47.9 cm³/mol. The lowest BCUT2D eigenvalue weighted by Crippen LogP contribution is -2.46. The van der Waals surface area contributed by atoms with Gasteiger partial charge in [0.1, 0.15) is 0 Å². The van der Waals surface area contributed by atoms with Gasteiger partial charge in [0.25, 0.3) is 5.91 Å². The minimum Gasteiger partial charge on any atom is -0.379 e. The second-order valence-electron chi connectivity index (χ2n) is 2.54. The van der Waals surface area contributed by atoms with Crippen LogP contribution < -0.4 is 10.6 Å². The van der Waals surface area contributed by atoms with Gasteiger partial charge in [-0.1, -0.05) is 13.8 Å². The molecule has 0 radical (unpaired) electrons. The third-order valence-corrected chi connectivity index (χ3v) is 1.78. The van der Waals surface area contributed by atoms with Gasteiger partial charge in [0.15, 0.2) is 5.60 Å². The second kappa shape index (κ2) is 5.11. The van der Waals surface area contributed by atoms with Crippen molar-refractivity contribution in [3.8, 4) is 0 Å². The van der Waals surface area contributed by atoms with Crippen LogP contribution in [0.1, 0.15) is 20.3 Å². The van der Waals surface area contributed by atoms with Crippen molar-refractivity contribution < 1.29 is 9.90 Å². The molecule has 0 aromatic heterocycles. The number of hydrogen-bond donors (Lipinski definition) is 3. The number of amides is 1. The minimum absolute atomic E-state index is 0.294. The highest BCUT2D eigenvalue weighted by Crippen LogP contribution is 2.13. The molecule has 1 amide bonds. The van der Waals surface area contributed by atoms with E-state index in [2.05, 4.69) is 10.6 Å². The van der Waals surface area contributed by atoms with E-state index < -0.39 is 5.60 Å². The average molecular weight is 174 g/mol. The summed E-state index contributed by atoms with van der Waals surface area (Å²) >= 11 is 0. The maximum absolute atomic E-state index is 10.9. The second-order valence-corrected chi connectivity index (χ2v) is 2.54. The van der Waals surface area contributed by atoms with E-state index in [9.17, 15) is 9.90 Å². The topological polar surface area (TPSA) is 61.4 Å². The van der Waals surface area contributed by atoms with Gasteiger partial charge < -0.3 is 15.7 Å². The molecule has 0 aromatic rings. The summed E-state index contributed by atoms with van der Waals surface area (Å²) in [5.41, 5.74) is -1.16. The smallest absolute Gasteiger partial charge is 0.253 e. The summed E-state index contributed by atoms with van der Waals surface area (Å²) < 4.78 is 0. The van der Waals surface area contributed by atoms with Crippen LogP contribution in [-0.2, 0) is 4.79 Å². The SMILES string of the molecule is CC.CNC(=O)C1(O)CCNC1. The molecule has 72 valence electrons. The van der Waals surface area contributed by atoms with Gasteiger partial charge >= 0.3 is 0 Å². The number of rotatable bonds is 1. The zero-order chi connectivity index (χ0) is 9.61. The first-order valence-corrected chi connectivity index (χ1v) is 4.34. The number of likely N-dealkylation sites (N-methyl/N-ethyl adjacent to an activating group) is 1. The first-order chi connectivity index (χ1) is 5.69. The number of hydrogen-bond acceptors (Lipinski definition) is 3. The van der Waals surface area contributed by atoms with Gasteiger partial charge in [0.05, 0.1) is 0 Å². The van der Waals surface area contributed by atoms with Crippen LogP contribution in [0.3, 0.4) is 0 Å². The van der Waals surface area contributed by atoms with Gasteiger partial charge in [-0.15, -0.1) is 0 Å². The van der Waals surface area contributed by atoms with Gasteiger partial charge in [0, 0.05) is 13.6 Å². The monoisotopic (exact) mass is 174 g/mol.